The fourth-order valence-corrected chi connectivity index (χ4v) is 2.93. The molecular weight excluding hydrogens is 300 g/mol. The van der Waals surface area contributed by atoms with E-state index < -0.39 is 10.0 Å². The van der Waals surface area contributed by atoms with Crippen LogP contribution >= 0.6 is 11.6 Å². The van der Waals surface area contributed by atoms with E-state index in [0.29, 0.717) is 24.4 Å². The minimum atomic E-state index is -3.50. The molecule has 0 fully saturated rings. The number of hydrogen-bond donors (Lipinski definition) is 2. The number of carbonyl (C=O) groups excluding carboxylic acids is 1. The zero-order chi connectivity index (χ0) is 15.2. The molecule has 0 unspecified atom stereocenters. The van der Waals surface area contributed by atoms with Gasteiger partial charge >= 0.3 is 0 Å². The van der Waals surface area contributed by atoms with Gasteiger partial charge < -0.3 is 5.32 Å². The molecule has 0 bridgehead atoms. The van der Waals surface area contributed by atoms with Crippen molar-refractivity contribution in [1.82, 2.24) is 4.72 Å². The Hall–Kier alpha value is -1.11. The minimum absolute atomic E-state index is 0.137. The fourth-order valence-electron chi connectivity index (χ4n) is 1.55. The minimum Gasteiger partial charge on any atom is -0.326 e. The third-order valence-electron chi connectivity index (χ3n) is 2.38. The van der Waals surface area contributed by atoms with Crippen LogP contribution < -0.4 is 10.0 Å². The zero-order valence-corrected chi connectivity index (χ0v) is 13.1. The maximum atomic E-state index is 11.9. The van der Waals surface area contributed by atoms with Crippen molar-refractivity contribution in [1.29, 1.82) is 0 Å². The van der Waals surface area contributed by atoms with Crippen LogP contribution in [0, 0.1) is 0 Å². The first-order valence-electron chi connectivity index (χ1n) is 6.33. The first kappa shape index (κ1) is 16.9. The molecular formula is C13H19ClN2O3S. The highest BCUT2D eigenvalue weighted by molar-refractivity contribution is 7.89. The van der Waals surface area contributed by atoms with Crippen LogP contribution in [-0.2, 0) is 14.8 Å². The van der Waals surface area contributed by atoms with E-state index in [9.17, 15) is 13.2 Å². The predicted molar refractivity (Wildman–Crippen MR) is 80.5 cm³/mol. The van der Waals surface area contributed by atoms with Crippen LogP contribution in [0.4, 0.5) is 5.69 Å². The summed E-state index contributed by atoms with van der Waals surface area (Å²) in [7, 11) is -3.50. The third kappa shape index (κ3) is 5.48. The van der Waals surface area contributed by atoms with E-state index in [2.05, 4.69) is 10.0 Å². The molecule has 112 valence electrons. The number of hydrogen-bond acceptors (Lipinski definition) is 3. The molecule has 0 atom stereocenters. The van der Waals surface area contributed by atoms with Gasteiger partial charge in [-0.05, 0) is 44.5 Å². The van der Waals surface area contributed by atoms with Crippen LogP contribution in [0.25, 0.3) is 0 Å². The van der Waals surface area contributed by atoms with Crippen LogP contribution in [0.15, 0.2) is 29.2 Å². The maximum Gasteiger partial charge on any atom is 0.240 e. The van der Waals surface area contributed by atoms with Crippen LogP contribution in [0.2, 0.25) is 0 Å². The molecule has 1 rings (SSSR count). The SMILES string of the molecule is CC(C)NS(=O)(=O)c1ccc(NC(=O)CCCCl)cc1. The Bertz CT molecular complexity index is 541. The molecule has 0 aromatic heterocycles. The number of alkyl halides is 1. The molecule has 0 aliphatic carbocycles. The summed E-state index contributed by atoms with van der Waals surface area (Å²) in [5.74, 6) is 0.299. The van der Waals surface area contributed by atoms with E-state index in [1.807, 2.05) is 0 Å². The van der Waals surface area contributed by atoms with Crippen molar-refractivity contribution in [2.75, 3.05) is 11.2 Å². The Morgan fingerprint density at radius 1 is 1.25 bits per heavy atom. The molecule has 5 nitrogen and oxygen atoms in total. The van der Waals surface area contributed by atoms with E-state index in [-0.39, 0.29) is 16.8 Å². The van der Waals surface area contributed by atoms with Crippen LogP contribution in [0.5, 0.6) is 0 Å². The van der Waals surface area contributed by atoms with E-state index in [4.69, 9.17) is 11.6 Å². The Morgan fingerprint density at radius 2 is 1.85 bits per heavy atom. The highest BCUT2D eigenvalue weighted by Gasteiger charge is 2.15. The smallest absolute Gasteiger partial charge is 0.240 e. The summed E-state index contributed by atoms with van der Waals surface area (Å²) in [6.45, 7) is 3.51. The molecule has 1 amide bonds. The molecule has 7 heteroatoms. The van der Waals surface area contributed by atoms with Crippen molar-refractivity contribution < 1.29 is 13.2 Å². The number of nitrogens with one attached hydrogen (secondary N) is 2. The van der Waals surface area contributed by atoms with Crippen molar-refractivity contribution in [3.63, 3.8) is 0 Å². The van der Waals surface area contributed by atoms with Gasteiger partial charge in [-0.2, -0.15) is 0 Å². The summed E-state index contributed by atoms with van der Waals surface area (Å²) in [5.41, 5.74) is 0.563. The summed E-state index contributed by atoms with van der Waals surface area (Å²) < 4.78 is 26.3. The first-order valence-corrected chi connectivity index (χ1v) is 8.35. The highest BCUT2D eigenvalue weighted by Crippen LogP contribution is 2.14. The van der Waals surface area contributed by atoms with Gasteiger partial charge in [0.2, 0.25) is 15.9 Å². The molecule has 0 saturated heterocycles. The predicted octanol–water partition coefficient (Wildman–Crippen LogP) is 2.33. The van der Waals surface area contributed by atoms with Crippen molar-refractivity contribution in [2.24, 2.45) is 0 Å². The molecule has 0 heterocycles. The number of halogens is 1. The highest BCUT2D eigenvalue weighted by atomic mass is 35.5. The standard InChI is InChI=1S/C13H19ClN2O3S/c1-10(2)16-20(18,19)12-7-5-11(6-8-12)15-13(17)4-3-9-14/h5-8,10,16H,3-4,9H2,1-2H3,(H,15,17). The molecule has 2 N–H and O–H groups in total. The lowest BCUT2D eigenvalue weighted by atomic mass is 10.3. The molecule has 0 aliphatic heterocycles. The van der Waals surface area contributed by atoms with Crippen LogP contribution in [-0.4, -0.2) is 26.2 Å². The number of benzene rings is 1. The molecule has 0 saturated carbocycles. The lowest BCUT2D eigenvalue weighted by Crippen LogP contribution is -2.30. The fraction of sp³-hybridized carbons (Fsp3) is 0.462. The molecule has 0 spiro atoms. The lowest BCUT2D eigenvalue weighted by Gasteiger charge is -2.10. The van der Waals surface area contributed by atoms with Crippen molar-refractivity contribution in [3.05, 3.63) is 24.3 Å². The van der Waals surface area contributed by atoms with Gasteiger partial charge in [0.25, 0.3) is 0 Å². The van der Waals surface area contributed by atoms with Gasteiger partial charge in [-0.15, -0.1) is 11.6 Å². The van der Waals surface area contributed by atoms with Crippen molar-refractivity contribution >= 4 is 33.2 Å². The van der Waals surface area contributed by atoms with Gasteiger partial charge in [0.05, 0.1) is 4.90 Å². The van der Waals surface area contributed by atoms with Gasteiger partial charge in [0.1, 0.15) is 0 Å². The molecule has 0 aliphatic rings. The Balaban J connectivity index is 2.72. The quantitative estimate of drug-likeness (QED) is 0.758. The number of sulfonamides is 1. The Kier molecular flexibility index (Phi) is 6.45. The van der Waals surface area contributed by atoms with Crippen molar-refractivity contribution in [3.8, 4) is 0 Å². The second kappa shape index (κ2) is 7.61. The van der Waals surface area contributed by atoms with Gasteiger partial charge in [-0.3, -0.25) is 4.79 Å². The summed E-state index contributed by atoms with van der Waals surface area (Å²) >= 11 is 5.51. The van der Waals surface area contributed by atoms with E-state index in [1.165, 1.54) is 12.1 Å². The average molecular weight is 319 g/mol. The molecule has 1 aromatic carbocycles. The average Bonchev–Trinajstić information content (AvgIpc) is 2.35. The normalized spacial score (nSPS) is 11.6. The first-order chi connectivity index (χ1) is 9.35. The van der Waals surface area contributed by atoms with Gasteiger partial charge in [-0.1, -0.05) is 0 Å². The number of anilines is 1. The Morgan fingerprint density at radius 3 is 2.35 bits per heavy atom. The lowest BCUT2D eigenvalue weighted by molar-refractivity contribution is -0.116. The van der Waals surface area contributed by atoms with Gasteiger partial charge in [0, 0.05) is 24.0 Å². The summed E-state index contributed by atoms with van der Waals surface area (Å²) in [6.07, 6.45) is 0.955. The maximum absolute atomic E-state index is 11.9. The number of amides is 1. The van der Waals surface area contributed by atoms with Gasteiger partial charge in [0.15, 0.2) is 0 Å². The molecule has 0 radical (unpaired) electrons. The second-order valence-electron chi connectivity index (χ2n) is 4.64. The largest absolute Gasteiger partial charge is 0.326 e. The van der Waals surface area contributed by atoms with E-state index >= 15 is 0 Å². The Labute approximate surface area is 124 Å². The molecule has 1 aromatic rings. The van der Waals surface area contributed by atoms with Crippen LogP contribution in [0.3, 0.4) is 0 Å². The van der Waals surface area contributed by atoms with Gasteiger partial charge in [-0.25, -0.2) is 13.1 Å². The second-order valence-corrected chi connectivity index (χ2v) is 6.73. The summed E-state index contributed by atoms with van der Waals surface area (Å²) in [4.78, 5) is 11.7. The number of carbonyl (C=O) groups is 1. The third-order valence-corrected chi connectivity index (χ3v) is 4.32. The summed E-state index contributed by atoms with van der Waals surface area (Å²) in [5, 5.41) is 2.68. The summed E-state index contributed by atoms with van der Waals surface area (Å²) in [6, 6.07) is 5.87. The topological polar surface area (TPSA) is 75.3 Å². The number of rotatable bonds is 7. The van der Waals surface area contributed by atoms with E-state index in [1.54, 1.807) is 26.0 Å². The van der Waals surface area contributed by atoms with Crippen molar-refractivity contribution in [2.45, 2.75) is 37.6 Å². The monoisotopic (exact) mass is 318 g/mol. The zero-order valence-electron chi connectivity index (χ0n) is 11.5. The van der Waals surface area contributed by atoms with Crippen LogP contribution in [0.1, 0.15) is 26.7 Å². The van der Waals surface area contributed by atoms with E-state index in [0.717, 1.165) is 0 Å². The molecule has 20 heavy (non-hydrogen) atoms.